The number of aliphatic carboxylic acids is 1. The molecule has 1 aromatic rings. The molecular formula is C21H26N2O7. The summed E-state index contributed by atoms with van der Waals surface area (Å²) in [7, 11) is 0. The van der Waals surface area contributed by atoms with Crippen molar-refractivity contribution in [1.82, 2.24) is 9.80 Å². The summed E-state index contributed by atoms with van der Waals surface area (Å²) in [4.78, 5) is 38.4. The Kier molecular flexibility index (Phi) is 8.09. The minimum atomic E-state index is -1.40. The summed E-state index contributed by atoms with van der Waals surface area (Å²) in [6.45, 7) is 4.93. The third kappa shape index (κ3) is 5.96. The summed E-state index contributed by atoms with van der Waals surface area (Å²) < 4.78 is 16.3. The summed E-state index contributed by atoms with van der Waals surface area (Å²) >= 11 is 0. The van der Waals surface area contributed by atoms with Crippen LogP contribution in [0.2, 0.25) is 0 Å². The van der Waals surface area contributed by atoms with Gasteiger partial charge in [0.2, 0.25) is 0 Å². The van der Waals surface area contributed by atoms with Crippen molar-refractivity contribution >= 4 is 18.2 Å². The molecule has 2 saturated heterocycles. The van der Waals surface area contributed by atoms with E-state index in [0.29, 0.717) is 32.4 Å². The SMILES string of the molecule is O=C/C(=C\C(=O)O)C(=O)OC1OCCN1C(CCN1CCOCC1)c1ccccc1. The topological polar surface area (TPSA) is 106 Å². The van der Waals surface area contributed by atoms with E-state index in [1.54, 1.807) is 0 Å². The van der Waals surface area contributed by atoms with Gasteiger partial charge in [-0.2, -0.15) is 0 Å². The Morgan fingerprint density at radius 3 is 2.57 bits per heavy atom. The first-order valence-corrected chi connectivity index (χ1v) is 9.91. The summed E-state index contributed by atoms with van der Waals surface area (Å²) in [5.41, 5.74) is 0.497. The average molecular weight is 418 g/mol. The Bertz CT molecular complexity index is 762. The predicted molar refractivity (Wildman–Crippen MR) is 105 cm³/mol. The van der Waals surface area contributed by atoms with Crippen LogP contribution < -0.4 is 0 Å². The number of carbonyl (C=O) groups excluding carboxylic acids is 2. The molecule has 0 radical (unpaired) electrons. The molecule has 0 spiro atoms. The van der Waals surface area contributed by atoms with Crippen molar-refractivity contribution < 1.29 is 33.7 Å². The Hall–Kier alpha value is -2.59. The largest absolute Gasteiger partial charge is 0.478 e. The summed E-state index contributed by atoms with van der Waals surface area (Å²) in [6.07, 6.45) is 0.488. The van der Waals surface area contributed by atoms with Crippen molar-refractivity contribution in [3.05, 3.63) is 47.5 Å². The molecule has 1 N–H and O–H groups in total. The third-order valence-corrected chi connectivity index (χ3v) is 5.14. The van der Waals surface area contributed by atoms with Crippen molar-refractivity contribution in [2.24, 2.45) is 0 Å². The van der Waals surface area contributed by atoms with Crippen molar-refractivity contribution in [2.75, 3.05) is 46.0 Å². The van der Waals surface area contributed by atoms with Crippen molar-refractivity contribution in [3.8, 4) is 0 Å². The summed E-state index contributed by atoms with van der Waals surface area (Å²) in [5, 5.41) is 8.81. The second-order valence-corrected chi connectivity index (χ2v) is 7.05. The van der Waals surface area contributed by atoms with Crippen LogP contribution in [-0.4, -0.2) is 85.5 Å². The predicted octanol–water partition coefficient (Wildman–Crippen LogP) is 0.819. The van der Waals surface area contributed by atoms with Crippen LogP contribution >= 0.6 is 0 Å². The lowest BCUT2D eigenvalue weighted by atomic mass is 10.0. The number of carboxylic acids is 1. The maximum atomic E-state index is 12.3. The standard InChI is InChI=1S/C21H26N2O7/c24-15-17(14-19(25)26)20(27)30-21-23(10-13-29-21)18(16-4-2-1-3-5-16)6-7-22-8-11-28-12-9-22/h1-5,14-15,18,21H,6-13H2,(H,25,26)/b17-14+. The molecule has 1 aromatic carbocycles. The molecule has 162 valence electrons. The first-order chi connectivity index (χ1) is 14.6. The number of benzene rings is 1. The van der Waals surface area contributed by atoms with Crippen LogP contribution in [-0.2, 0) is 28.6 Å². The first kappa shape index (κ1) is 22.1. The van der Waals surface area contributed by atoms with Crippen LogP contribution in [0.5, 0.6) is 0 Å². The number of esters is 1. The van der Waals surface area contributed by atoms with Gasteiger partial charge in [-0.05, 0) is 12.0 Å². The number of rotatable bonds is 9. The van der Waals surface area contributed by atoms with Crippen LogP contribution in [0.3, 0.4) is 0 Å². The Balaban J connectivity index is 1.73. The van der Waals surface area contributed by atoms with E-state index in [4.69, 9.17) is 19.3 Å². The van der Waals surface area contributed by atoms with Crippen molar-refractivity contribution in [2.45, 2.75) is 18.9 Å². The van der Waals surface area contributed by atoms with E-state index in [9.17, 15) is 14.4 Å². The number of hydrogen-bond donors (Lipinski definition) is 1. The maximum absolute atomic E-state index is 12.3. The average Bonchev–Trinajstić information content (AvgIpc) is 3.21. The van der Waals surface area contributed by atoms with Crippen LogP contribution in [0.15, 0.2) is 42.0 Å². The molecule has 0 amide bonds. The maximum Gasteiger partial charge on any atom is 0.345 e. The van der Waals surface area contributed by atoms with E-state index in [-0.39, 0.29) is 12.3 Å². The van der Waals surface area contributed by atoms with Gasteiger partial charge in [-0.1, -0.05) is 30.3 Å². The monoisotopic (exact) mass is 418 g/mol. The van der Waals surface area contributed by atoms with Crippen LogP contribution in [0, 0.1) is 0 Å². The fourth-order valence-electron chi connectivity index (χ4n) is 3.63. The molecule has 2 aliphatic heterocycles. The van der Waals surface area contributed by atoms with Gasteiger partial charge in [-0.15, -0.1) is 0 Å². The quantitative estimate of drug-likeness (QED) is 0.205. The van der Waals surface area contributed by atoms with Gasteiger partial charge in [0.15, 0.2) is 6.29 Å². The molecule has 9 nitrogen and oxygen atoms in total. The highest BCUT2D eigenvalue weighted by Crippen LogP contribution is 2.30. The molecule has 0 aliphatic carbocycles. The number of carboxylic acid groups (broad SMARTS) is 1. The zero-order valence-electron chi connectivity index (χ0n) is 16.6. The molecule has 30 heavy (non-hydrogen) atoms. The zero-order chi connectivity index (χ0) is 21.3. The second kappa shape index (κ2) is 11.0. The number of carbonyl (C=O) groups is 3. The van der Waals surface area contributed by atoms with Crippen molar-refractivity contribution in [3.63, 3.8) is 0 Å². The Morgan fingerprint density at radius 2 is 1.90 bits per heavy atom. The number of nitrogens with zero attached hydrogens (tertiary/aromatic N) is 2. The Labute approximate surface area is 174 Å². The molecule has 3 rings (SSSR count). The van der Waals surface area contributed by atoms with E-state index in [1.165, 1.54) is 0 Å². The molecule has 9 heteroatoms. The van der Waals surface area contributed by atoms with E-state index < -0.39 is 23.9 Å². The number of ether oxygens (including phenoxy) is 3. The number of morpholine rings is 1. The molecule has 2 aliphatic rings. The first-order valence-electron chi connectivity index (χ1n) is 9.91. The highest BCUT2D eigenvalue weighted by molar-refractivity contribution is 6.11. The molecule has 0 bridgehead atoms. The van der Waals surface area contributed by atoms with E-state index in [2.05, 4.69) is 4.90 Å². The minimum absolute atomic E-state index is 0.0718. The van der Waals surface area contributed by atoms with Gasteiger partial charge >= 0.3 is 11.9 Å². The Morgan fingerprint density at radius 1 is 1.17 bits per heavy atom. The third-order valence-electron chi connectivity index (χ3n) is 5.14. The van der Waals surface area contributed by atoms with Crippen LogP contribution in [0.1, 0.15) is 18.0 Å². The lowest BCUT2D eigenvalue weighted by Gasteiger charge is -2.34. The van der Waals surface area contributed by atoms with Gasteiger partial charge in [-0.25, -0.2) is 14.5 Å². The molecular weight excluding hydrogens is 392 g/mol. The van der Waals surface area contributed by atoms with E-state index in [1.807, 2.05) is 35.2 Å². The van der Waals surface area contributed by atoms with Gasteiger partial charge < -0.3 is 19.3 Å². The molecule has 2 fully saturated rings. The summed E-state index contributed by atoms with van der Waals surface area (Å²) in [5.74, 6) is -2.42. The smallest absolute Gasteiger partial charge is 0.345 e. The minimum Gasteiger partial charge on any atom is -0.478 e. The summed E-state index contributed by atoms with van der Waals surface area (Å²) in [6, 6.07) is 9.81. The van der Waals surface area contributed by atoms with Gasteiger partial charge in [0.25, 0.3) is 6.41 Å². The lowest BCUT2D eigenvalue weighted by molar-refractivity contribution is -0.195. The molecule has 2 heterocycles. The van der Waals surface area contributed by atoms with Crippen LogP contribution in [0.25, 0.3) is 0 Å². The molecule has 2 unspecified atom stereocenters. The molecule has 2 atom stereocenters. The highest BCUT2D eigenvalue weighted by Gasteiger charge is 2.36. The fourth-order valence-corrected chi connectivity index (χ4v) is 3.63. The highest BCUT2D eigenvalue weighted by atomic mass is 16.7. The number of hydrogen-bond acceptors (Lipinski definition) is 8. The van der Waals surface area contributed by atoms with E-state index >= 15 is 0 Å². The van der Waals surface area contributed by atoms with Crippen molar-refractivity contribution in [1.29, 1.82) is 0 Å². The van der Waals surface area contributed by atoms with Gasteiger partial charge in [-0.3, -0.25) is 9.69 Å². The molecule has 0 saturated carbocycles. The normalized spacial score (nSPS) is 21.9. The fraction of sp³-hybridized carbons (Fsp3) is 0.476. The van der Waals surface area contributed by atoms with Gasteiger partial charge in [0.1, 0.15) is 5.57 Å². The van der Waals surface area contributed by atoms with E-state index in [0.717, 1.165) is 31.6 Å². The number of aldehydes is 1. The zero-order valence-corrected chi connectivity index (χ0v) is 16.6. The van der Waals surface area contributed by atoms with Crippen LogP contribution in [0.4, 0.5) is 0 Å². The van der Waals surface area contributed by atoms with Gasteiger partial charge in [0.05, 0.1) is 19.8 Å². The van der Waals surface area contributed by atoms with Gasteiger partial charge in [0, 0.05) is 38.3 Å². The second-order valence-electron chi connectivity index (χ2n) is 7.05. The lowest BCUT2D eigenvalue weighted by Crippen LogP contribution is -2.41. The molecule has 0 aromatic heterocycles.